The van der Waals surface area contributed by atoms with Crippen molar-refractivity contribution in [1.29, 1.82) is 0 Å². The molecule has 0 fully saturated rings. The molecule has 0 unspecified atom stereocenters. The van der Waals surface area contributed by atoms with Crippen molar-refractivity contribution >= 4 is 12.5 Å². The first-order valence-corrected chi connectivity index (χ1v) is 3.95. The van der Waals surface area contributed by atoms with Gasteiger partial charge in [0.2, 0.25) is 6.41 Å². The number of hydrogen-bond donors (Lipinski definition) is 0. The van der Waals surface area contributed by atoms with Gasteiger partial charge in [-0.15, -0.1) is 0 Å². The van der Waals surface area contributed by atoms with Gasteiger partial charge in [-0.2, -0.15) is 0 Å². The van der Waals surface area contributed by atoms with Crippen LogP contribution in [-0.2, 0) is 4.79 Å². The Morgan fingerprint density at radius 1 is 1.23 bits per heavy atom. The van der Waals surface area contributed by atoms with Crippen molar-refractivity contribution in [2.24, 2.45) is 0 Å². The molecule has 1 aromatic rings. The van der Waals surface area contributed by atoms with Crippen molar-refractivity contribution in [2.45, 2.75) is 0 Å². The molecule has 13 heavy (non-hydrogen) atoms. The van der Waals surface area contributed by atoms with Gasteiger partial charge >= 0.3 is 0 Å². The average molecular weight is 173 g/mol. The summed E-state index contributed by atoms with van der Waals surface area (Å²) in [7, 11) is 0. The smallest absolute Gasteiger partial charge is 0.217 e. The lowest BCUT2D eigenvalue weighted by Gasteiger charge is -2.02. The van der Waals surface area contributed by atoms with Crippen molar-refractivity contribution in [3.63, 3.8) is 0 Å². The maximum atomic E-state index is 10.4. The summed E-state index contributed by atoms with van der Waals surface area (Å²) in [6.45, 7) is 3.49. The summed E-state index contributed by atoms with van der Waals surface area (Å²) >= 11 is 0. The van der Waals surface area contributed by atoms with Crippen LogP contribution in [-0.4, -0.2) is 11.3 Å². The monoisotopic (exact) mass is 173 g/mol. The summed E-state index contributed by atoms with van der Waals surface area (Å²) in [6.07, 6.45) is 5.66. The SMILES string of the molecule is C=CN(C=O)C=Cc1ccccc1. The third-order valence-corrected chi connectivity index (χ3v) is 1.57. The zero-order valence-corrected chi connectivity index (χ0v) is 7.26. The molecule has 0 spiro atoms. The summed E-state index contributed by atoms with van der Waals surface area (Å²) in [5.41, 5.74) is 1.05. The fraction of sp³-hybridized carbons (Fsp3) is 0. The van der Waals surface area contributed by atoms with Crippen LogP contribution in [0.15, 0.2) is 49.3 Å². The molecule has 1 aromatic carbocycles. The second kappa shape index (κ2) is 4.93. The summed E-state index contributed by atoms with van der Waals surface area (Å²) in [6, 6.07) is 9.76. The van der Waals surface area contributed by atoms with Crippen molar-refractivity contribution in [3.05, 3.63) is 54.9 Å². The van der Waals surface area contributed by atoms with Crippen molar-refractivity contribution in [1.82, 2.24) is 4.90 Å². The molecule has 0 aliphatic heterocycles. The van der Waals surface area contributed by atoms with Crippen LogP contribution < -0.4 is 0 Å². The Hall–Kier alpha value is -1.83. The highest BCUT2D eigenvalue weighted by Crippen LogP contribution is 2.01. The maximum Gasteiger partial charge on any atom is 0.217 e. The Morgan fingerprint density at radius 2 is 1.92 bits per heavy atom. The van der Waals surface area contributed by atoms with Crippen LogP contribution in [0.4, 0.5) is 0 Å². The van der Waals surface area contributed by atoms with Gasteiger partial charge in [0.05, 0.1) is 0 Å². The fourth-order valence-electron chi connectivity index (χ4n) is 0.875. The molecular formula is C11H11NO. The number of amides is 1. The minimum Gasteiger partial charge on any atom is -0.298 e. The van der Waals surface area contributed by atoms with Crippen molar-refractivity contribution in [2.75, 3.05) is 0 Å². The van der Waals surface area contributed by atoms with E-state index in [4.69, 9.17) is 0 Å². The normalized spacial score (nSPS) is 9.85. The second-order valence-corrected chi connectivity index (χ2v) is 2.46. The lowest BCUT2D eigenvalue weighted by Crippen LogP contribution is -2.03. The lowest BCUT2D eigenvalue weighted by atomic mass is 10.2. The van der Waals surface area contributed by atoms with Crippen LogP contribution in [0, 0.1) is 0 Å². The van der Waals surface area contributed by atoms with E-state index in [1.54, 1.807) is 6.20 Å². The number of carbonyl (C=O) groups excluding carboxylic acids is 1. The first-order valence-electron chi connectivity index (χ1n) is 3.95. The number of benzene rings is 1. The summed E-state index contributed by atoms with van der Waals surface area (Å²) in [5, 5.41) is 0. The van der Waals surface area contributed by atoms with E-state index >= 15 is 0 Å². The Labute approximate surface area is 77.8 Å². The molecule has 0 heterocycles. The van der Waals surface area contributed by atoms with Gasteiger partial charge in [-0.05, 0) is 11.6 Å². The third kappa shape index (κ3) is 2.95. The van der Waals surface area contributed by atoms with Gasteiger partial charge in [-0.1, -0.05) is 36.9 Å². The predicted molar refractivity (Wildman–Crippen MR) is 53.6 cm³/mol. The molecule has 2 nitrogen and oxygen atoms in total. The van der Waals surface area contributed by atoms with E-state index in [1.807, 2.05) is 36.4 Å². The van der Waals surface area contributed by atoms with E-state index in [0.29, 0.717) is 6.41 Å². The number of hydrogen-bond acceptors (Lipinski definition) is 1. The molecule has 1 rings (SSSR count). The molecule has 0 radical (unpaired) electrons. The summed E-state index contributed by atoms with van der Waals surface area (Å²) in [5.74, 6) is 0. The molecule has 0 saturated heterocycles. The third-order valence-electron chi connectivity index (χ3n) is 1.57. The standard InChI is InChI=1S/C11H11NO/c1-2-12(10-13)9-8-11-6-4-3-5-7-11/h2-10H,1H2. The largest absolute Gasteiger partial charge is 0.298 e. The minimum absolute atomic E-state index is 0.701. The molecule has 2 heteroatoms. The molecule has 0 aliphatic carbocycles. The minimum atomic E-state index is 0.701. The predicted octanol–water partition coefficient (Wildman–Crippen LogP) is 2.26. The highest BCUT2D eigenvalue weighted by Gasteiger charge is 1.87. The van der Waals surface area contributed by atoms with Crippen molar-refractivity contribution < 1.29 is 4.79 Å². The maximum absolute atomic E-state index is 10.4. The van der Waals surface area contributed by atoms with Gasteiger partial charge in [0, 0.05) is 12.4 Å². The molecule has 0 N–H and O–H groups in total. The Balaban J connectivity index is 2.68. The molecule has 1 amide bonds. The van der Waals surface area contributed by atoms with E-state index in [-0.39, 0.29) is 0 Å². The van der Waals surface area contributed by atoms with E-state index < -0.39 is 0 Å². The first-order chi connectivity index (χ1) is 6.36. The lowest BCUT2D eigenvalue weighted by molar-refractivity contribution is -0.114. The van der Waals surface area contributed by atoms with E-state index in [2.05, 4.69) is 6.58 Å². The van der Waals surface area contributed by atoms with Crippen molar-refractivity contribution in [3.8, 4) is 0 Å². The van der Waals surface area contributed by atoms with Gasteiger partial charge in [-0.3, -0.25) is 9.69 Å². The van der Waals surface area contributed by atoms with Gasteiger partial charge in [0.25, 0.3) is 0 Å². The molecule has 0 aliphatic rings. The number of carbonyl (C=O) groups is 1. The fourth-order valence-corrected chi connectivity index (χ4v) is 0.875. The highest BCUT2D eigenvalue weighted by molar-refractivity contribution is 5.56. The van der Waals surface area contributed by atoms with Crippen LogP contribution in [0.3, 0.4) is 0 Å². The number of rotatable bonds is 4. The zero-order valence-electron chi connectivity index (χ0n) is 7.26. The van der Waals surface area contributed by atoms with E-state index in [1.165, 1.54) is 11.1 Å². The van der Waals surface area contributed by atoms with Crippen LogP contribution in [0.5, 0.6) is 0 Å². The molecular weight excluding hydrogens is 162 g/mol. The van der Waals surface area contributed by atoms with E-state index in [0.717, 1.165) is 5.56 Å². The molecule has 66 valence electrons. The zero-order chi connectivity index (χ0) is 9.52. The Kier molecular flexibility index (Phi) is 3.51. The molecule has 0 aromatic heterocycles. The molecule has 0 saturated carbocycles. The first kappa shape index (κ1) is 9.26. The number of nitrogens with zero attached hydrogens (tertiary/aromatic N) is 1. The quantitative estimate of drug-likeness (QED) is 0.639. The Bertz CT molecular complexity index is 295. The molecule has 0 bridgehead atoms. The van der Waals surface area contributed by atoms with E-state index in [9.17, 15) is 4.79 Å². The molecule has 0 atom stereocenters. The van der Waals surface area contributed by atoms with Crippen LogP contribution in [0.2, 0.25) is 0 Å². The summed E-state index contributed by atoms with van der Waals surface area (Å²) in [4.78, 5) is 11.7. The van der Waals surface area contributed by atoms with Gasteiger partial charge in [0.1, 0.15) is 0 Å². The van der Waals surface area contributed by atoms with Gasteiger partial charge < -0.3 is 0 Å². The van der Waals surface area contributed by atoms with Gasteiger partial charge in [-0.25, -0.2) is 0 Å². The van der Waals surface area contributed by atoms with Crippen LogP contribution in [0.1, 0.15) is 5.56 Å². The van der Waals surface area contributed by atoms with Crippen LogP contribution >= 0.6 is 0 Å². The topological polar surface area (TPSA) is 20.3 Å². The highest BCUT2D eigenvalue weighted by atomic mass is 16.1. The van der Waals surface area contributed by atoms with Crippen LogP contribution in [0.25, 0.3) is 6.08 Å². The Morgan fingerprint density at radius 3 is 2.46 bits per heavy atom. The average Bonchev–Trinajstić information content (AvgIpc) is 2.21. The summed E-state index contributed by atoms with van der Waals surface area (Å²) < 4.78 is 0. The second-order valence-electron chi connectivity index (χ2n) is 2.46. The van der Waals surface area contributed by atoms with Gasteiger partial charge in [0.15, 0.2) is 0 Å².